The summed E-state index contributed by atoms with van der Waals surface area (Å²) in [5, 5.41) is 2.88. The van der Waals surface area contributed by atoms with Crippen LogP contribution in [0.15, 0.2) is 47.8 Å². The second-order valence-electron chi connectivity index (χ2n) is 6.13. The van der Waals surface area contributed by atoms with Crippen LogP contribution in [0.3, 0.4) is 0 Å². The summed E-state index contributed by atoms with van der Waals surface area (Å²) < 4.78 is 18.6. The summed E-state index contributed by atoms with van der Waals surface area (Å²) in [6, 6.07) is 10.7. The summed E-state index contributed by atoms with van der Waals surface area (Å²) >= 11 is 1.54. The molecule has 1 aliphatic rings. The lowest BCUT2D eigenvalue weighted by Crippen LogP contribution is -2.42. The molecular weight excluding hydrogens is 367 g/mol. The number of anilines is 1. The highest BCUT2D eigenvalue weighted by Crippen LogP contribution is 2.36. The molecule has 0 atom stereocenters. The Labute approximate surface area is 159 Å². The van der Waals surface area contributed by atoms with Crippen LogP contribution in [0.5, 0.6) is 5.75 Å². The number of thiazole rings is 1. The Morgan fingerprint density at radius 2 is 2.04 bits per heavy atom. The van der Waals surface area contributed by atoms with E-state index in [0.29, 0.717) is 17.0 Å². The minimum absolute atomic E-state index is 0.126. The minimum atomic E-state index is -0.414. The molecule has 0 N–H and O–H groups in total. The summed E-state index contributed by atoms with van der Waals surface area (Å²) in [6.45, 7) is 1.66. The molecule has 0 radical (unpaired) electrons. The number of aryl methyl sites for hydroxylation is 1. The lowest BCUT2D eigenvalue weighted by molar-refractivity contribution is -0.121. The SMILES string of the molecule is Cc1nc(-c2ccc3c(c2)N(CC(=O)c2ccc(F)cc2)C(=O)CO3)cs1. The van der Waals surface area contributed by atoms with Crippen molar-refractivity contribution in [3.63, 3.8) is 0 Å². The van der Waals surface area contributed by atoms with Gasteiger partial charge in [0.25, 0.3) is 5.91 Å². The molecule has 0 bridgehead atoms. The molecule has 0 spiro atoms. The first-order chi connectivity index (χ1) is 13.0. The van der Waals surface area contributed by atoms with Gasteiger partial charge in [0.2, 0.25) is 0 Å². The van der Waals surface area contributed by atoms with Gasteiger partial charge in [0.05, 0.1) is 22.9 Å². The predicted molar refractivity (Wildman–Crippen MR) is 101 cm³/mol. The van der Waals surface area contributed by atoms with Gasteiger partial charge in [-0.25, -0.2) is 9.37 Å². The minimum Gasteiger partial charge on any atom is -0.482 e. The maximum Gasteiger partial charge on any atom is 0.265 e. The number of rotatable bonds is 4. The average molecular weight is 382 g/mol. The van der Waals surface area contributed by atoms with Gasteiger partial charge in [-0.2, -0.15) is 0 Å². The number of ketones is 1. The monoisotopic (exact) mass is 382 g/mol. The van der Waals surface area contributed by atoms with Crippen molar-refractivity contribution in [1.29, 1.82) is 0 Å². The molecule has 2 aromatic carbocycles. The van der Waals surface area contributed by atoms with Crippen LogP contribution in [0.25, 0.3) is 11.3 Å². The molecule has 0 saturated heterocycles. The van der Waals surface area contributed by atoms with Gasteiger partial charge in [0.1, 0.15) is 11.6 Å². The maximum atomic E-state index is 13.1. The molecule has 1 amide bonds. The second-order valence-corrected chi connectivity index (χ2v) is 7.20. The maximum absolute atomic E-state index is 13.1. The Bertz CT molecular complexity index is 1030. The zero-order valence-corrected chi connectivity index (χ0v) is 15.3. The lowest BCUT2D eigenvalue weighted by Gasteiger charge is -2.29. The fourth-order valence-electron chi connectivity index (χ4n) is 2.90. The average Bonchev–Trinajstić information content (AvgIpc) is 3.10. The Morgan fingerprint density at radius 3 is 2.74 bits per heavy atom. The van der Waals surface area contributed by atoms with Crippen LogP contribution < -0.4 is 9.64 Å². The van der Waals surface area contributed by atoms with Crippen LogP contribution >= 0.6 is 11.3 Å². The van der Waals surface area contributed by atoms with Crippen LogP contribution in [0.4, 0.5) is 10.1 Å². The zero-order valence-electron chi connectivity index (χ0n) is 14.4. The number of hydrogen-bond donors (Lipinski definition) is 0. The van der Waals surface area contributed by atoms with Crippen molar-refractivity contribution in [3.8, 4) is 17.0 Å². The van der Waals surface area contributed by atoms with Crippen molar-refractivity contribution >= 4 is 28.7 Å². The third kappa shape index (κ3) is 3.46. The topological polar surface area (TPSA) is 59.5 Å². The summed E-state index contributed by atoms with van der Waals surface area (Å²) in [7, 11) is 0. The number of hydrogen-bond acceptors (Lipinski definition) is 5. The van der Waals surface area contributed by atoms with E-state index in [0.717, 1.165) is 16.3 Å². The molecule has 0 fully saturated rings. The third-order valence-electron chi connectivity index (χ3n) is 4.28. The van der Waals surface area contributed by atoms with E-state index in [1.807, 2.05) is 18.4 Å². The number of aromatic nitrogens is 1. The summed E-state index contributed by atoms with van der Waals surface area (Å²) in [5.74, 6) is -0.449. The van der Waals surface area contributed by atoms with E-state index in [-0.39, 0.29) is 24.8 Å². The van der Waals surface area contributed by atoms with Gasteiger partial charge in [0, 0.05) is 16.5 Å². The lowest BCUT2D eigenvalue weighted by atomic mass is 10.1. The van der Waals surface area contributed by atoms with Gasteiger partial charge in [-0.05, 0) is 49.4 Å². The van der Waals surface area contributed by atoms with Gasteiger partial charge in [-0.3, -0.25) is 14.5 Å². The predicted octanol–water partition coefficient (Wildman–Crippen LogP) is 3.87. The largest absolute Gasteiger partial charge is 0.482 e. The molecule has 27 heavy (non-hydrogen) atoms. The number of ether oxygens (including phenoxy) is 1. The van der Waals surface area contributed by atoms with Gasteiger partial charge in [-0.15, -0.1) is 11.3 Å². The number of halogens is 1. The number of benzene rings is 2. The molecule has 4 rings (SSSR count). The van der Waals surface area contributed by atoms with Gasteiger partial charge in [0.15, 0.2) is 12.4 Å². The van der Waals surface area contributed by atoms with E-state index in [1.165, 1.54) is 40.5 Å². The number of nitrogens with zero attached hydrogens (tertiary/aromatic N) is 2. The summed E-state index contributed by atoms with van der Waals surface area (Å²) in [5.41, 5.74) is 2.53. The van der Waals surface area contributed by atoms with Crippen LogP contribution in [0.1, 0.15) is 15.4 Å². The van der Waals surface area contributed by atoms with E-state index in [2.05, 4.69) is 4.98 Å². The van der Waals surface area contributed by atoms with Crippen LogP contribution in [0, 0.1) is 12.7 Å². The van der Waals surface area contributed by atoms with Crippen molar-refractivity contribution in [2.75, 3.05) is 18.1 Å². The Hall–Kier alpha value is -3.06. The molecule has 5 nitrogen and oxygen atoms in total. The highest BCUT2D eigenvalue weighted by atomic mass is 32.1. The van der Waals surface area contributed by atoms with Crippen molar-refractivity contribution in [1.82, 2.24) is 4.98 Å². The van der Waals surface area contributed by atoms with E-state index in [9.17, 15) is 14.0 Å². The van der Waals surface area contributed by atoms with Crippen molar-refractivity contribution in [3.05, 3.63) is 64.2 Å². The fourth-order valence-corrected chi connectivity index (χ4v) is 3.52. The molecular formula is C20H15FN2O3S. The standard InChI is InChI=1S/C20H15FN2O3S/c1-12-22-16(11-27-12)14-4-7-19-17(8-14)23(20(25)10-26-19)9-18(24)13-2-5-15(21)6-3-13/h2-8,11H,9-10H2,1H3. The van der Waals surface area contributed by atoms with Crippen molar-refractivity contribution in [2.24, 2.45) is 0 Å². The third-order valence-corrected chi connectivity index (χ3v) is 5.06. The molecule has 7 heteroatoms. The van der Waals surface area contributed by atoms with Crippen LogP contribution in [0.2, 0.25) is 0 Å². The molecule has 0 unspecified atom stereocenters. The first kappa shape index (κ1) is 17.4. The van der Waals surface area contributed by atoms with Gasteiger partial charge < -0.3 is 4.74 Å². The molecule has 1 aromatic heterocycles. The molecule has 0 saturated carbocycles. The smallest absolute Gasteiger partial charge is 0.265 e. The molecule has 3 aromatic rings. The summed E-state index contributed by atoms with van der Waals surface area (Å²) in [4.78, 5) is 30.8. The van der Waals surface area contributed by atoms with Gasteiger partial charge >= 0.3 is 0 Å². The van der Waals surface area contributed by atoms with E-state index >= 15 is 0 Å². The number of Topliss-reactive ketones (excluding diaryl/α,β-unsaturated/α-hetero) is 1. The van der Waals surface area contributed by atoms with Crippen molar-refractivity contribution in [2.45, 2.75) is 6.92 Å². The first-order valence-corrected chi connectivity index (χ1v) is 9.18. The molecule has 0 aliphatic carbocycles. The Kier molecular flexibility index (Phi) is 4.45. The normalized spacial score (nSPS) is 13.3. The fraction of sp³-hybridized carbons (Fsp3) is 0.150. The first-order valence-electron chi connectivity index (χ1n) is 8.30. The number of amides is 1. The molecule has 1 aliphatic heterocycles. The summed E-state index contributed by atoms with van der Waals surface area (Å²) in [6.07, 6.45) is 0. The van der Waals surface area contributed by atoms with E-state index in [4.69, 9.17) is 4.74 Å². The molecule has 136 valence electrons. The zero-order chi connectivity index (χ0) is 19.0. The van der Waals surface area contributed by atoms with E-state index in [1.54, 1.807) is 12.1 Å². The van der Waals surface area contributed by atoms with Crippen molar-refractivity contribution < 1.29 is 18.7 Å². The number of fused-ring (bicyclic) bond motifs is 1. The van der Waals surface area contributed by atoms with Crippen LogP contribution in [-0.4, -0.2) is 29.8 Å². The van der Waals surface area contributed by atoms with E-state index < -0.39 is 5.82 Å². The highest BCUT2D eigenvalue weighted by molar-refractivity contribution is 7.09. The Morgan fingerprint density at radius 1 is 1.26 bits per heavy atom. The quantitative estimate of drug-likeness (QED) is 0.643. The number of carbonyl (C=O) groups is 2. The highest BCUT2D eigenvalue weighted by Gasteiger charge is 2.28. The Balaban J connectivity index is 1.66. The van der Waals surface area contributed by atoms with Crippen LogP contribution in [-0.2, 0) is 4.79 Å². The molecule has 2 heterocycles. The van der Waals surface area contributed by atoms with Gasteiger partial charge in [-0.1, -0.05) is 0 Å². The second kappa shape index (κ2) is 6.92. The number of carbonyl (C=O) groups excluding carboxylic acids is 2.